The molecule has 0 aliphatic rings. The van der Waals surface area contributed by atoms with Crippen molar-refractivity contribution in [3.05, 3.63) is 16.9 Å². The Hall–Kier alpha value is -0.540. The summed E-state index contributed by atoms with van der Waals surface area (Å²) in [5, 5.41) is 8.65. The van der Waals surface area contributed by atoms with Gasteiger partial charge in [0.1, 0.15) is 0 Å². The third-order valence-corrected chi connectivity index (χ3v) is 3.12. The van der Waals surface area contributed by atoms with Crippen molar-refractivity contribution in [1.82, 2.24) is 15.1 Å². The van der Waals surface area contributed by atoms with E-state index in [2.05, 4.69) is 31.2 Å². The van der Waals surface area contributed by atoms with Crippen LogP contribution in [-0.4, -0.2) is 22.9 Å². The Kier molecular flexibility index (Phi) is 5.29. The van der Waals surface area contributed by atoms with Gasteiger partial charge in [0.05, 0.1) is 16.8 Å². The summed E-state index contributed by atoms with van der Waals surface area (Å²) in [7, 11) is 0. The molecule has 0 aliphatic carbocycles. The van der Waals surface area contributed by atoms with Crippen LogP contribution < -0.4 is 5.32 Å². The highest BCUT2D eigenvalue weighted by Gasteiger charge is 2.17. The minimum Gasteiger partial charge on any atom is -0.315 e. The molecule has 0 fully saturated rings. The molecule has 1 unspecified atom stereocenters. The normalized spacial score (nSPS) is 13.4. The summed E-state index contributed by atoms with van der Waals surface area (Å²) in [5.41, 5.74) is 0.905. The molecule has 1 rings (SSSR count). The van der Waals surface area contributed by atoms with Gasteiger partial charge in [0, 0.05) is 12.7 Å². The van der Waals surface area contributed by atoms with Crippen LogP contribution in [0.1, 0.15) is 38.9 Å². The zero-order valence-electron chi connectivity index (χ0n) is 10.6. The lowest BCUT2D eigenvalue weighted by Crippen LogP contribution is -2.29. The molecule has 0 bridgehead atoms. The lowest BCUT2D eigenvalue weighted by Gasteiger charge is -2.21. The number of aryl methyl sites for hydroxylation is 1. The van der Waals surface area contributed by atoms with Crippen LogP contribution in [0.25, 0.3) is 0 Å². The van der Waals surface area contributed by atoms with Crippen LogP contribution in [0.5, 0.6) is 0 Å². The summed E-state index contributed by atoms with van der Waals surface area (Å²) < 4.78 is 1.99. The molecule has 1 aromatic rings. The topological polar surface area (TPSA) is 29.9 Å². The largest absolute Gasteiger partial charge is 0.315 e. The number of rotatable bonds is 6. The van der Waals surface area contributed by atoms with Crippen molar-refractivity contribution in [3.63, 3.8) is 0 Å². The first-order valence-electron chi connectivity index (χ1n) is 5.98. The van der Waals surface area contributed by atoms with E-state index >= 15 is 0 Å². The van der Waals surface area contributed by atoms with E-state index < -0.39 is 0 Å². The van der Waals surface area contributed by atoms with Gasteiger partial charge in [-0.25, -0.2) is 0 Å². The van der Waals surface area contributed by atoms with E-state index in [4.69, 9.17) is 11.6 Å². The first kappa shape index (κ1) is 13.5. The zero-order chi connectivity index (χ0) is 12.1. The molecular formula is C12H22ClN3. The SMILES string of the molecule is CCCNCC(C(C)C)n1cc(Cl)c(C)n1. The van der Waals surface area contributed by atoms with Crippen molar-refractivity contribution < 1.29 is 0 Å². The van der Waals surface area contributed by atoms with E-state index in [0.717, 1.165) is 30.2 Å². The first-order chi connectivity index (χ1) is 7.56. The molecular weight excluding hydrogens is 222 g/mol. The minimum absolute atomic E-state index is 0.373. The van der Waals surface area contributed by atoms with Gasteiger partial charge < -0.3 is 5.32 Å². The molecule has 0 spiro atoms. The summed E-state index contributed by atoms with van der Waals surface area (Å²) in [6.07, 6.45) is 3.08. The van der Waals surface area contributed by atoms with Gasteiger partial charge in [0.2, 0.25) is 0 Å². The maximum absolute atomic E-state index is 6.04. The van der Waals surface area contributed by atoms with Crippen molar-refractivity contribution in [1.29, 1.82) is 0 Å². The second kappa shape index (κ2) is 6.26. The fraction of sp³-hybridized carbons (Fsp3) is 0.750. The molecule has 1 aromatic heterocycles. The summed E-state index contributed by atoms with van der Waals surface area (Å²) in [4.78, 5) is 0. The lowest BCUT2D eigenvalue weighted by atomic mass is 10.0. The van der Waals surface area contributed by atoms with E-state index in [1.165, 1.54) is 0 Å². The molecule has 1 atom stereocenters. The van der Waals surface area contributed by atoms with Gasteiger partial charge in [-0.15, -0.1) is 0 Å². The average molecular weight is 244 g/mol. The monoisotopic (exact) mass is 243 g/mol. The first-order valence-corrected chi connectivity index (χ1v) is 6.36. The smallest absolute Gasteiger partial charge is 0.0815 e. The molecule has 0 saturated heterocycles. The number of aromatic nitrogens is 2. The van der Waals surface area contributed by atoms with Crippen LogP contribution in [0, 0.1) is 12.8 Å². The van der Waals surface area contributed by atoms with Gasteiger partial charge in [0.15, 0.2) is 0 Å². The van der Waals surface area contributed by atoms with Crippen molar-refractivity contribution in [2.45, 2.75) is 40.2 Å². The molecule has 1 heterocycles. The predicted molar refractivity (Wildman–Crippen MR) is 69.0 cm³/mol. The fourth-order valence-corrected chi connectivity index (χ4v) is 1.83. The van der Waals surface area contributed by atoms with Gasteiger partial charge in [0.25, 0.3) is 0 Å². The number of nitrogens with zero attached hydrogens (tertiary/aromatic N) is 2. The highest BCUT2D eigenvalue weighted by atomic mass is 35.5. The van der Waals surface area contributed by atoms with Gasteiger partial charge in [-0.1, -0.05) is 32.4 Å². The number of hydrogen-bond acceptors (Lipinski definition) is 2. The van der Waals surface area contributed by atoms with E-state index in [0.29, 0.717) is 12.0 Å². The number of halogens is 1. The van der Waals surface area contributed by atoms with Crippen molar-refractivity contribution in [2.24, 2.45) is 5.92 Å². The van der Waals surface area contributed by atoms with Crippen LogP contribution in [0.15, 0.2) is 6.20 Å². The lowest BCUT2D eigenvalue weighted by molar-refractivity contribution is 0.329. The second-order valence-corrected chi connectivity index (χ2v) is 4.97. The molecule has 0 aliphatic heterocycles. The molecule has 92 valence electrons. The van der Waals surface area contributed by atoms with Crippen molar-refractivity contribution in [3.8, 4) is 0 Å². The molecule has 4 heteroatoms. The van der Waals surface area contributed by atoms with Crippen LogP contribution >= 0.6 is 11.6 Å². The van der Waals surface area contributed by atoms with Gasteiger partial charge >= 0.3 is 0 Å². The number of nitrogens with one attached hydrogen (secondary N) is 1. The van der Waals surface area contributed by atoms with E-state index in [-0.39, 0.29) is 0 Å². The van der Waals surface area contributed by atoms with Gasteiger partial charge in [-0.2, -0.15) is 5.10 Å². The summed E-state index contributed by atoms with van der Waals surface area (Å²) in [5.74, 6) is 0.541. The van der Waals surface area contributed by atoms with E-state index in [1.54, 1.807) is 0 Å². The fourth-order valence-electron chi connectivity index (χ4n) is 1.69. The van der Waals surface area contributed by atoms with E-state index in [1.807, 2.05) is 17.8 Å². The number of hydrogen-bond donors (Lipinski definition) is 1. The predicted octanol–water partition coefficient (Wildman–Crippen LogP) is 3.04. The quantitative estimate of drug-likeness (QED) is 0.779. The Morgan fingerprint density at radius 3 is 2.62 bits per heavy atom. The minimum atomic E-state index is 0.373. The summed E-state index contributed by atoms with van der Waals surface area (Å²) in [6.45, 7) is 10.5. The molecule has 16 heavy (non-hydrogen) atoms. The Morgan fingerprint density at radius 1 is 1.50 bits per heavy atom. The van der Waals surface area contributed by atoms with Crippen LogP contribution in [0.3, 0.4) is 0 Å². The molecule has 0 radical (unpaired) electrons. The standard InChI is InChI=1S/C12H22ClN3/c1-5-6-14-7-12(9(2)3)16-8-11(13)10(4)15-16/h8-9,12,14H,5-7H2,1-4H3. The summed E-state index contributed by atoms with van der Waals surface area (Å²) in [6, 6.07) is 0.373. The Labute approximate surface area is 103 Å². The third kappa shape index (κ3) is 3.49. The molecule has 1 N–H and O–H groups in total. The Morgan fingerprint density at radius 2 is 2.19 bits per heavy atom. The highest BCUT2D eigenvalue weighted by molar-refractivity contribution is 6.31. The molecule has 0 amide bonds. The van der Waals surface area contributed by atoms with Crippen LogP contribution in [0.4, 0.5) is 0 Å². The Balaban J connectivity index is 2.69. The van der Waals surface area contributed by atoms with E-state index in [9.17, 15) is 0 Å². The zero-order valence-corrected chi connectivity index (χ0v) is 11.4. The summed E-state index contributed by atoms with van der Waals surface area (Å²) >= 11 is 6.04. The maximum atomic E-state index is 6.04. The van der Waals surface area contributed by atoms with Crippen LogP contribution in [-0.2, 0) is 0 Å². The van der Waals surface area contributed by atoms with Crippen molar-refractivity contribution >= 4 is 11.6 Å². The van der Waals surface area contributed by atoms with Crippen LogP contribution in [0.2, 0.25) is 5.02 Å². The van der Waals surface area contributed by atoms with Gasteiger partial charge in [-0.05, 0) is 25.8 Å². The Bertz CT molecular complexity index is 301. The molecule has 3 nitrogen and oxygen atoms in total. The third-order valence-electron chi connectivity index (χ3n) is 2.75. The van der Waals surface area contributed by atoms with Crippen molar-refractivity contribution in [2.75, 3.05) is 13.1 Å². The highest BCUT2D eigenvalue weighted by Crippen LogP contribution is 2.20. The average Bonchev–Trinajstić information content (AvgIpc) is 2.53. The molecule has 0 aromatic carbocycles. The molecule has 0 saturated carbocycles. The second-order valence-electron chi connectivity index (χ2n) is 4.56. The maximum Gasteiger partial charge on any atom is 0.0815 e. The van der Waals surface area contributed by atoms with Gasteiger partial charge in [-0.3, -0.25) is 4.68 Å².